The molecule has 1 saturated heterocycles. The lowest BCUT2D eigenvalue weighted by Gasteiger charge is -2.18. The zero-order valence-electron chi connectivity index (χ0n) is 8.45. The van der Waals surface area contributed by atoms with Crippen molar-refractivity contribution >= 4 is 0 Å². The summed E-state index contributed by atoms with van der Waals surface area (Å²) in [7, 11) is 0. The standard InChI is InChI=1S/C10H18N2O/c1-9(13)3-5-12-6-4-10(2,7-11)8-12/h9,13H,3-6,8H2,1-2H3. The molecule has 0 aliphatic carbocycles. The van der Waals surface area contributed by atoms with E-state index in [1.54, 1.807) is 6.92 Å². The van der Waals surface area contributed by atoms with E-state index in [1.165, 1.54) is 0 Å². The van der Waals surface area contributed by atoms with Crippen molar-refractivity contribution < 1.29 is 5.11 Å². The minimum atomic E-state index is -0.228. The molecule has 0 aromatic heterocycles. The Balaban J connectivity index is 2.30. The molecular formula is C10H18N2O. The molecule has 0 amide bonds. The van der Waals surface area contributed by atoms with E-state index in [0.29, 0.717) is 0 Å². The Morgan fingerprint density at radius 1 is 1.69 bits per heavy atom. The third-order valence-corrected chi connectivity index (χ3v) is 2.69. The van der Waals surface area contributed by atoms with Crippen LogP contribution < -0.4 is 0 Å². The Bertz CT molecular complexity index is 209. The maximum absolute atomic E-state index is 9.11. The molecule has 13 heavy (non-hydrogen) atoms. The van der Waals surface area contributed by atoms with Gasteiger partial charge in [0.05, 0.1) is 17.6 Å². The van der Waals surface area contributed by atoms with E-state index in [4.69, 9.17) is 10.4 Å². The fourth-order valence-electron chi connectivity index (χ4n) is 1.71. The van der Waals surface area contributed by atoms with Crippen LogP contribution in [0.1, 0.15) is 26.7 Å². The molecule has 3 heteroatoms. The summed E-state index contributed by atoms with van der Waals surface area (Å²) in [6, 6.07) is 2.35. The highest BCUT2D eigenvalue weighted by atomic mass is 16.3. The molecular weight excluding hydrogens is 164 g/mol. The van der Waals surface area contributed by atoms with Gasteiger partial charge in [0.1, 0.15) is 0 Å². The number of hydrogen-bond acceptors (Lipinski definition) is 3. The van der Waals surface area contributed by atoms with Gasteiger partial charge in [0.2, 0.25) is 0 Å². The van der Waals surface area contributed by atoms with E-state index in [1.807, 2.05) is 6.92 Å². The molecule has 1 aliphatic rings. The van der Waals surface area contributed by atoms with Gasteiger partial charge in [-0.15, -0.1) is 0 Å². The monoisotopic (exact) mass is 182 g/mol. The summed E-state index contributed by atoms with van der Waals surface area (Å²) < 4.78 is 0. The summed E-state index contributed by atoms with van der Waals surface area (Å²) >= 11 is 0. The van der Waals surface area contributed by atoms with Gasteiger partial charge >= 0.3 is 0 Å². The molecule has 1 N–H and O–H groups in total. The fourth-order valence-corrected chi connectivity index (χ4v) is 1.71. The van der Waals surface area contributed by atoms with Crippen LogP contribution in [0.25, 0.3) is 0 Å². The van der Waals surface area contributed by atoms with E-state index in [2.05, 4.69) is 11.0 Å². The van der Waals surface area contributed by atoms with Crippen molar-refractivity contribution in [2.24, 2.45) is 5.41 Å². The van der Waals surface area contributed by atoms with Gasteiger partial charge in [-0.1, -0.05) is 0 Å². The van der Waals surface area contributed by atoms with Gasteiger partial charge in [0, 0.05) is 13.1 Å². The Labute approximate surface area is 80.0 Å². The zero-order chi connectivity index (χ0) is 9.90. The highest BCUT2D eigenvalue weighted by Gasteiger charge is 2.33. The van der Waals surface area contributed by atoms with Crippen molar-refractivity contribution in [1.82, 2.24) is 4.90 Å². The second kappa shape index (κ2) is 4.08. The summed E-state index contributed by atoms with van der Waals surface area (Å²) in [6.45, 7) is 6.58. The lowest BCUT2D eigenvalue weighted by molar-refractivity contribution is 0.162. The summed E-state index contributed by atoms with van der Waals surface area (Å²) in [4.78, 5) is 2.26. The van der Waals surface area contributed by atoms with Crippen LogP contribution >= 0.6 is 0 Å². The molecule has 0 radical (unpaired) electrons. The maximum Gasteiger partial charge on any atom is 0.0700 e. The van der Waals surface area contributed by atoms with Crippen molar-refractivity contribution in [3.63, 3.8) is 0 Å². The molecule has 1 aliphatic heterocycles. The SMILES string of the molecule is CC(O)CCN1CCC(C)(C#N)C1. The van der Waals surface area contributed by atoms with Crippen molar-refractivity contribution in [2.75, 3.05) is 19.6 Å². The first-order valence-electron chi connectivity index (χ1n) is 4.87. The van der Waals surface area contributed by atoms with E-state index in [-0.39, 0.29) is 11.5 Å². The van der Waals surface area contributed by atoms with Crippen LogP contribution in [0.3, 0.4) is 0 Å². The number of nitrogens with zero attached hydrogens (tertiary/aromatic N) is 2. The fraction of sp³-hybridized carbons (Fsp3) is 0.900. The molecule has 0 spiro atoms. The van der Waals surface area contributed by atoms with Crippen LogP contribution in [0.2, 0.25) is 0 Å². The predicted molar refractivity (Wildman–Crippen MR) is 51.1 cm³/mol. The van der Waals surface area contributed by atoms with Gasteiger partial charge in [-0.3, -0.25) is 0 Å². The van der Waals surface area contributed by atoms with Crippen LogP contribution in [0.15, 0.2) is 0 Å². The molecule has 0 aromatic rings. The van der Waals surface area contributed by atoms with E-state index >= 15 is 0 Å². The second-order valence-corrected chi connectivity index (χ2v) is 4.34. The summed E-state index contributed by atoms with van der Waals surface area (Å²) in [5.41, 5.74) is -0.154. The van der Waals surface area contributed by atoms with E-state index in [9.17, 15) is 0 Å². The third-order valence-electron chi connectivity index (χ3n) is 2.69. The van der Waals surface area contributed by atoms with Crippen LogP contribution in [0.5, 0.6) is 0 Å². The number of hydrogen-bond donors (Lipinski definition) is 1. The predicted octanol–water partition coefficient (Wildman–Crippen LogP) is 0.993. The van der Waals surface area contributed by atoms with Crippen molar-refractivity contribution in [3.8, 4) is 6.07 Å². The zero-order valence-corrected chi connectivity index (χ0v) is 8.45. The average molecular weight is 182 g/mol. The summed E-state index contributed by atoms with van der Waals surface area (Å²) in [5, 5.41) is 18.0. The largest absolute Gasteiger partial charge is 0.393 e. The number of aliphatic hydroxyl groups excluding tert-OH is 1. The topological polar surface area (TPSA) is 47.3 Å². The number of rotatable bonds is 3. The number of likely N-dealkylation sites (tertiary alicyclic amines) is 1. The van der Waals surface area contributed by atoms with Crippen LogP contribution in [-0.4, -0.2) is 35.7 Å². The molecule has 1 fully saturated rings. The average Bonchev–Trinajstić information content (AvgIpc) is 2.45. The Kier molecular flexibility index (Phi) is 3.29. The highest BCUT2D eigenvalue weighted by Crippen LogP contribution is 2.28. The first-order valence-corrected chi connectivity index (χ1v) is 4.87. The lowest BCUT2D eigenvalue weighted by Crippen LogP contribution is -2.26. The van der Waals surface area contributed by atoms with Gasteiger partial charge < -0.3 is 10.0 Å². The Morgan fingerprint density at radius 3 is 2.85 bits per heavy atom. The molecule has 0 bridgehead atoms. The van der Waals surface area contributed by atoms with E-state index < -0.39 is 0 Å². The molecule has 74 valence electrons. The first-order chi connectivity index (χ1) is 6.06. The van der Waals surface area contributed by atoms with E-state index in [0.717, 1.165) is 32.5 Å². The van der Waals surface area contributed by atoms with Gasteiger partial charge in [-0.2, -0.15) is 5.26 Å². The summed E-state index contributed by atoms with van der Waals surface area (Å²) in [5.74, 6) is 0. The van der Waals surface area contributed by atoms with Crippen molar-refractivity contribution in [2.45, 2.75) is 32.8 Å². The number of aliphatic hydroxyl groups is 1. The van der Waals surface area contributed by atoms with Crippen molar-refractivity contribution in [3.05, 3.63) is 0 Å². The quantitative estimate of drug-likeness (QED) is 0.708. The summed E-state index contributed by atoms with van der Waals surface area (Å²) in [6.07, 6.45) is 1.54. The molecule has 2 unspecified atom stereocenters. The maximum atomic E-state index is 9.11. The second-order valence-electron chi connectivity index (χ2n) is 4.34. The first kappa shape index (κ1) is 10.5. The Morgan fingerprint density at radius 2 is 2.38 bits per heavy atom. The van der Waals surface area contributed by atoms with Gasteiger partial charge in [-0.25, -0.2) is 0 Å². The van der Waals surface area contributed by atoms with Gasteiger partial charge in [0.15, 0.2) is 0 Å². The molecule has 0 aromatic carbocycles. The third kappa shape index (κ3) is 2.98. The Hall–Kier alpha value is -0.590. The normalized spacial score (nSPS) is 31.5. The van der Waals surface area contributed by atoms with Gasteiger partial charge in [-0.05, 0) is 33.2 Å². The molecule has 0 saturated carbocycles. The van der Waals surface area contributed by atoms with Crippen LogP contribution in [0, 0.1) is 16.7 Å². The number of nitriles is 1. The molecule has 3 nitrogen and oxygen atoms in total. The minimum Gasteiger partial charge on any atom is -0.393 e. The molecule has 1 rings (SSSR count). The smallest absolute Gasteiger partial charge is 0.0700 e. The van der Waals surface area contributed by atoms with Crippen LogP contribution in [0.4, 0.5) is 0 Å². The molecule has 1 heterocycles. The lowest BCUT2D eigenvalue weighted by atomic mass is 9.92. The van der Waals surface area contributed by atoms with Gasteiger partial charge in [0.25, 0.3) is 0 Å². The highest BCUT2D eigenvalue weighted by molar-refractivity contribution is 5.01. The minimum absolute atomic E-state index is 0.154. The molecule has 2 atom stereocenters. The van der Waals surface area contributed by atoms with Crippen LogP contribution in [-0.2, 0) is 0 Å². The van der Waals surface area contributed by atoms with Crippen molar-refractivity contribution in [1.29, 1.82) is 5.26 Å².